The van der Waals surface area contributed by atoms with Crippen LogP contribution in [0.2, 0.25) is 0 Å². The van der Waals surface area contributed by atoms with Gasteiger partial charge >= 0.3 is 0 Å². The second-order valence-corrected chi connectivity index (χ2v) is 4.77. The number of primary amides is 1. The lowest BCUT2D eigenvalue weighted by Gasteiger charge is -2.28. The number of amides is 2. The minimum Gasteiger partial charge on any atom is -0.392 e. The van der Waals surface area contributed by atoms with Gasteiger partial charge in [-0.05, 0) is 25.7 Å². The van der Waals surface area contributed by atoms with Crippen LogP contribution in [-0.2, 0) is 9.59 Å². The van der Waals surface area contributed by atoms with Gasteiger partial charge in [0.15, 0.2) is 0 Å². The van der Waals surface area contributed by atoms with E-state index in [-0.39, 0.29) is 16.8 Å². The number of unbranched alkanes of at least 4 members (excludes halogenated alkanes) is 1. The van der Waals surface area contributed by atoms with Crippen LogP contribution in [0.15, 0.2) is 0 Å². The summed E-state index contributed by atoms with van der Waals surface area (Å²) in [7, 11) is 0. The molecule has 0 saturated heterocycles. The highest BCUT2D eigenvalue weighted by molar-refractivity contribution is 7.80. The summed E-state index contributed by atoms with van der Waals surface area (Å²) in [5, 5.41) is 2.82. The minimum atomic E-state index is -0.751. The Bertz CT molecular complexity index is 314. The van der Waals surface area contributed by atoms with Gasteiger partial charge in [-0.1, -0.05) is 26.1 Å². The summed E-state index contributed by atoms with van der Waals surface area (Å²) in [4.78, 5) is 22.9. The number of rotatable bonds is 9. The average molecular weight is 273 g/mol. The van der Waals surface area contributed by atoms with E-state index >= 15 is 0 Å². The molecule has 0 unspecified atom stereocenters. The van der Waals surface area contributed by atoms with E-state index in [1.807, 2.05) is 13.8 Å². The van der Waals surface area contributed by atoms with Crippen molar-refractivity contribution in [3.05, 3.63) is 0 Å². The molecule has 0 aliphatic carbocycles. The first-order valence-electron chi connectivity index (χ1n) is 6.27. The second-order valence-electron chi connectivity index (χ2n) is 4.33. The van der Waals surface area contributed by atoms with Gasteiger partial charge < -0.3 is 16.8 Å². The zero-order valence-corrected chi connectivity index (χ0v) is 11.9. The van der Waals surface area contributed by atoms with Crippen LogP contribution in [0.3, 0.4) is 0 Å². The number of hydrogen-bond acceptors (Lipinski definition) is 3. The fraction of sp³-hybridized carbons (Fsp3) is 0.750. The smallest absolute Gasteiger partial charge is 0.233 e. The Hall–Kier alpha value is -1.17. The van der Waals surface area contributed by atoms with Crippen molar-refractivity contribution in [1.29, 1.82) is 0 Å². The van der Waals surface area contributed by atoms with Crippen molar-refractivity contribution in [3.8, 4) is 0 Å². The molecule has 0 atom stereocenters. The van der Waals surface area contributed by atoms with Crippen LogP contribution in [0.1, 0.15) is 46.0 Å². The molecule has 0 aromatic carbocycles. The molecule has 0 radical (unpaired) electrons. The predicted molar refractivity (Wildman–Crippen MR) is 75.9 cm³/mol. The Balaban J connectivity index is 4.21. The molecule has 0 fully saturated rings. The van der Waals surface area contributed by atoms with E-state index in [9.17, 15) is 9.59 Å². The third-order valence-electron chi connectivity index (χ3n) is 3.25. The van der Waals surface area contributed by atoms with Gasteiger partial charge in [-0.15, -0.1) is 0 Å². The fourth-order valence-electron chi connectivity index (χ4n) is 1.83. The van der Waals surface area contributed by atoms with E-state index in [2.05, 4.69) is 5.32 Å². The molecule has 104 valence electrons. The van der Waals surface area contributed by atoms with Gasteiger partial charge in [0.05, 0.1) is 10.4 Å². The third kappa shape index (κ3) is 4.60. The van der Waals surface area contributed by atoms with Crippen molar-refractivity contribution < 1.29 is 9.59 Å². The molecule has 0 heterocycles. The molecule has 0 spiro atoms. The van der Waals surface area contributed by atoms with Gasteiger partial charge in [0, 0.05) is 13.0 Å². The highest BCUT2D eigenvalue weighted by Crippen LogP contribution is 2.27. The summed E-state index contributed by atoms with van der Waals surface area (Å²) in [6.45, 7) is 4.31. The molecule has 18 heavy (non-hydrogen) atoms. The van der Waals surface area contributed by atoms with E-state index in [1.165, 1.54) is 0 Å². The minimum absolute atomic E-state index is 0.126. The van der Waals surface area contributed by atoms with Crippen LogP contribution in [0.25, 0.3) is 0 Å². The third-order valence-corrected chi connectivity index (χ3v) is 3.64. The average Bonchev–Trinajstić information content (AvgIpc) is 2.30. The van der Waals surface area contributed by atoms with Gasteiger partial charge in [0.25, 0.3) is 0 Å². The van der Waals surface area contributed by atoms with Crippen LogP contribution in [0.4, 0.5) is 0 Å². The lowest BCUT2D eigenvalue weighted by Crippen LogP contribution is -2.48. The lowest BCUT2D eigenvalue weighted by atomic mass is 9.81. The molecule has 6 heteroatoms. The Morgan fingerprint density at radius 3 is 2.11 bits per heavy atom. The van der Waals surface area contributed by atoms with Crippen LogP contribution >= 0.6 is 12.2 Å². The summed E-state index contributed by atoms with van der Waals surface area (Å²) < 4.78 is 0. The predicted octanol–water partition coefficient (Wildman–Crippen LogP) is 0.851. The maximum absolute atomic E-state index is 12.1. The Morgan fingerprint density at radius 1 is 1.17 bits per heavy atom. The van der Waals surface area contributed by atoms with Gasteiger partial charge in [-0.25, -0.2) is 0 Å². The van der Waals surface area contributed by atoms with Crippen molar-refractivity contribution in [3.63, 3.8) is 0 Å². The second kappa shape index (κ2) is 8.02. The van der Waals surface area contributed by atoms with Crippen molar-refractivity contribution in [2.24, 2.45) is 16.9 Å². The van der Waals surface area contributed by atoms with E-state index in [0.717, 1.165) is 6.42 Å². The Kier molecular flexibility index (Phi) is 7.50. The van der Waals surface area contributed by atoms with E-state index in [1.54, 1.807) is 0 Å². The van der Waals surface area contributed by atoms with Crippen molar-refractivity contribution >= 4 is 29.0 Å². The maximum atomic E-state index is 12.1. The molecule has 0 aliphatic heterocycles. The first-order valence-corrected chi connectivity index (χ1v) is 6.68. The highest BCUT2D eigenvalue weighted by atomic mass is 32.1. The molecular weight excluding hydrogens is 250 g/mol. The lowest BCUT2D eigenvalue weighted by molar-refractivity contribution is -0.127. The first-order chi connectivity index (χ1) is 8.40. The molecule has 5 nitrogen and oxygen atoms in total. The number of thiocarbonyl (C=S) groups is 1. The SMILES string of the molecule is CCC(CC)(C(=O)NCCCCC(N)=O)C(N)=S. The number of hydrogen-bond donors (Lipinski definition) is 3. The van der Waals surface area contributed by atoms with Crippen LogP contribution in [-0.4, -0.2) is 23.3 Å². The number of nitrogens with one attached hydrogen (secondary N) is 1. The molecule has 2 amide bonds. The molecule has 0 aromatic heterocycles. The van der Waals surface area contributed by atoms with Crippen molar-refractivity contribution in [1.82, 2.24) is 5.32 Å². The summed E-state index contributed by atoms with van der Waals surface area (Å²) in [5.41, 5.74) is 9.95. The number of nitrogens with two attached hydrogens (primary N) is 2. The highest BCUT2D eigenvalue weighted by Gasteiger charge is 2.37. The quantitative estimate of drug-likeness (QED) is 0.428. The standard InChI is InChI=1S/C12H23N3O2S/c1-3-12(4-2,10(14)18)11(17)15-8-6-5-7-9(13)16/h3-8H2,1-2H3,(H2,13,16)(H2,14,18)(H,15,17). The zero-order chi connectivity index (χ0) is 14.2. The maximum Gasteiger partial charge on any atom is 0.233 e. The van der Waals surface area contributed by atoms with Crippen LogP contribution in [0.5, 0.6) is 0 Å². The fourth-order valence-corrected chi connectivity index (χ4v) is 2.21. The van der Waals surface area contributed by atoms with E-state index < -0.39 is 5.41 Å². The van der Waals surface area contributed by atoms with Gasteiger partial charge in [-0.2, -0.15) is 0 Å². The van der Waals surface area contributed by atoms with E-state index in [0.29, 0.717) is 32.2 Å². The monoisotopic (exact) mass is 273 g/mol. The molecule has 0 saturated carbocycles. The summed E-state index contributed by atoms with van der Waals surface area (Å²) in [6.07, 6.45) is 2.92. The van der Waals surface area contributed by atoms with Gasteiger partial charge in [0.1, 0.15) is 0 Å². The van der Waals surface area contributed by atoms with Crippen molar-refractivity contribution in [2.75, 3.05) is 6.54 Å². The van der Waals surface area contributed by atoms with Gasteiger partial charge in [-0.3, -0.25) is 9.59 Å². The zero-order valence-electron chi connectivity index (χ0n) is 11.1. The molecule has 0 aromatic rings. The first kappa shape index (κ1) is 16.8. The van der Waals surface area contributed by atoms with E-state index in [4.69, 9.17) is 23.7 Å². The molecule has 0 rings (SSSR count). The number of carbonyl (C=O) groups is 2. The van der Waals surface area contributed by atoms with Crippen molar-refractivity contribution in [2.45, 2.75) is 46.0 Å². The molecule has 0 bridgehead atoms. The Morgan fingerprint density at radius 2 is 1.72 bits per heavy atom. The topological polar surface area (TPSA) is 98.2 Å². The molecule has 0 aliphatic rings. The summed E-state index contributed by atoms with van der Waals surface area (Å²) in [5.74, 6) is -0.444. The summed E-state index contributed by atoms with van der Waals surface area (Å²) >= 11 is 5.00. The van der Waals surface area contributed by atoms with Gasteiger partial charge in [0.2, 0.25) is 11.8 Å². The van der Waals surface area contributed by atoms with Crippen LogP contribution < -0.4 is 16.8 Å². The molecule has 5 N–H and O–H groups in total. The van der Waals surface area contributed by atoms with Crippen LogP contribution in [0, 0.1) is 5.41 Å². The number of carbonyl (C=O) groups excluding carboxylic acids is 2. The largest absolute Gasteiger partial charge is 0.392 e. The normalized spacial score (nSPS) is 11.0. The Labute approximate surface area is 114 Å². The molecular formula is C12H23N3O2S. The summed E-state index contributed by atoms with van der Waals surface area (Å²) in [6, 6.07) is 0.